The summed E-state index contributed by atoms with van der Waals surface area (Å²) in [7, 11) is 0. The first-order valence-electron chi connectivity index (χ1n) is 8.67. The number of carbonyl (C=O) groups is 2. The Morgan fingerprint density at radius 3 is 2.44 bits per heavy atom. The molecule has 1 aromatic heterocycles. The molecule has 25 heavy (non-hydrogen) atoms. The van der Waals surface area contributed by atoms with E-state index in [1.807, 2.05) is 16.3 Å². The highest BCUT2D eigenvalue weighted by molar-refractivity contribution is 7.12. The van der Waals surface area contributed by atoms with Crippen molar-refractivity contribution in [1.29, 1.82) is 0 Å². The fraction of sp³-hybridized carbons (Fsp3) is 0.400. The molecule has 5 heteroatoms. The van der Waals surface area contributed by atoms with Gasteiger partial charge in [0, 0.05) is 18.7 Å². The van der Waals surface area contributed by atoms with E-state index in [4.69, 9.17) is 0 Å². The predicted octanol–water partition coefficient (Wildman–Crippen LogP) is 4.05. The summed E-state index contributed by atoms with van der Waals surface area (Å²) < 4.78 is 0. The number of aliphatic carboxylic acids is 1. The molecule has 1 aliphatic carbocycles. The van der Waals surface area contributed by atoms with Crippen molar-refractivity contribution in [2.24, 2.45) is 11.3 Å². The molecule has 2 aromatic rings. The number of hydrogen-bond donors (Lipinski definition) is 1. The zero-order valence-electron chi connectivity index (χ0n) is 14.2. The first-order chi connectivity index (χ1) is 12.0. The molecular weight excluding hydrogens is 334 g/mol. The number of thiophene rings is 1. The van der Waals surface area contributed by atoms with Gasteiger partial charge in [-0.15, -0.1) is 11.3 Å². The Bertz CT molecular complexity index is 816. The van der Waals surface area contributed by atoms with Gasteiger partial charge in [0.15, 0.2) is 0 Å². The number of carboxylic acid groups (broad SMARTS) is 1. The van der Waals surface area contributed by atoms with Crippen LogP contribution < -0.4 is 0 Å². The Morgan fingerprint density at radius 2 is 1.84 bits per heavy atom. The van der Waals surface area contributed by atoms with Gasteiger partial charge < -0.3 is 10.0 Å². The molecule has 1 spiro atoms. The minimum atomic E-state index is -0.681. The maximum absolute atomic E-state index is 13.0. The SMILES string of the molecule is Cc1ccc(-c2ccsc2C(=O)N2CCC3(CC2)CC3C(=O)O)cc1. The van der Waals surface area contributed by atoms with Crippen LogP contribution in [0.25, 0.3) is 11.1 Å². The first-order valence-corrected chi connectivity index (χ1v) is 9.55. The van der Waals surface area contributed by atoms with Crippen LogP contribution in [0.4, 0.5) is 0 Å². The number of hydrogen-bond acceptors (Lipinski definition) is 3. The number of likely N-dealkylation sites (tertiary alicyclic amines) is 1. The molecule has 4 nitrogen and oxygen atoms in total. The average molecular weight is 355 g/mol. The van der Waals surface area contributed by atoms with E-state index < -0.39 is 5.97 Å². The van der Waals surface area contributed by atoms with E-state index in [9.17, 15) is 14.7 Å². The van der Waals surface area contributed by atoms with Crippen molar-refractivity contribution in [3.63, 3.8) is 0 Å². The Balaban J connectivity index is 1.49. The second kappa shape index (κ2) is 5.99. The summed E-state index contributed by atoms with van der Waals surface area (Å²) in [6, 6.07) is 10.2. The summed E-state index contributed by atoms with van der Waals surface area (Å²) in [5, 5.41) is 11.2. The fourth-order valence-electron chi connectivity index (χ4n) is 3.98. The molecule has 1 unspecified atom stereocenters. The van der Waals surface area contributed by atoms with Crippen LogP contribution in [0.5, 0.6) is 0 Å². The number of carboxylic acids is 1. The van der Waals surface area contributed by atoms with Gasteiger partial charge in [0.1, 0.15) is 0 Å². The van der Waals surface area contributed by atoms with Gasteiger partial charge in [-0.3, -0.25) is 9.59 Å². The summed E-state index contributed by atoms with van der Waals surface area (Å²) in [5.74, 6) is -0.803. The van der Waals surface area contributed by atoms with Crippen molar-refractivity contribution in [2.45, 2.75) is 26.2 Å². The third-order valence-electron chi connectivity index (χ3n) is 5.76. The minimum Gasteiger partial charge on any atom is -0.481 e. The predicted molar refractivity (Wildman–Crippen MR) is 97.8 cm³/mol. The van der Waals surface area contributed by atoms with E-state index in [-0.39, 0.29) is 17.2 Å². The number of piperidine rings is 1. The zero-order chi connectivity index (χ0) is 17.6. The lowest BCUT2D eigenvalue weighted by atomic mass is 9.90. The van der Waals surface area contributed by atoms with Crippen molar-refractivity contribution in [3.8, 4) is 11.1 Å². The topological polar surface area (TPSA) is 57.6 Å². The van der Waals surface area contributed by atoms with Crippen LogP contribution in [0.3, 0.4) is 0 Å². The molecule has 4 rings (SSSR count). The average Bonchev–Trinajstić information content (AvgIpc) is 3.09. The number of amides is 1. The van der Waals surface area contributed by atoms with E-state index >= 15 is 0 Å². The second-order valence-corrected chi connectivity index (χ2v) is 8.20. The summed E-state index contributed by atoms with van der Waals surface area (Å²) in [6.45, 7) is 3.37. The quantitative estimate of drug-likeness (QED) is 0.904. The molecule has 0 radical (unpaired) electrons. The van der Waals surface area contributed by atoms with Crippen molar-refractivity contribution in [1.82, 2.24) is 4.90 Å². The molecule has 1 aliphatic heterocycles. The van der Waals surface area contributed by atoms with E-state index in [2.05, 4.69) is 31.2 Å². The van der Waals surface area contributed by atoms with Gasteiger partial charge in [-0.25, -0.2) is 0 Å². The molecule has 1 saturated heterocycles. The Kier molecular flexibility index (Phi) is 3.91. The van der Waals surface area contributed by atoms with Crippen molar-refractivity contribution in [3.05, 3.63) is 46.2 Å². The van der Waals surface area contributed by atoms with Gasteiger partial charge >= 0.3 is 5.97 Å². The maximum Gasteiger partial charge on any atom is 0.307 e. The van der Waals surface area contributed by atoms with Crippen molar-refractivity contribution < 1.29 is 14.7 Å². The van der Waals surface area contributed by atoms with Crippen LogP contribution in [-0.4, -0.2) is 35.0 Å². The molecule has 130 valence electrons. The van der Waals surface area contributed by atoms with Gasteiger partial charge in [-0.1, -0.05) is 29.8 Å². The van der Waals surface area contributed by atoms with Crippen LogP contribution in [0.15, 0.2) is 35.7 Å². The van der Waals surface area contributed by atoms with E-state index in [0.29, 0.717) is 13.1 Å². The van der Waals surface area contributed by atoms with E-state index in [1.54, 1.807) is 0 Å². The third kappa shape index (κ3) is 2.86. The van der Waals surface area contributed by atoms with Gasteiger partial charge in [0.2, 0.25) is 0 Å². The van der Waals surface area contributed by atoms with E-state index in [0.717, 1.165) is 35.3 Å². The minimum absolute atomic E-state index is 0.0438. The summed E-state index contributed by atoms with van der Waals surface area (Å²) in [4.78, 5) is 26.9. The van der Waals surface area contributed by atoms with Crippen LogP contribution in [-0.2, 0) is 4.79 Å². The smallest absolute Gasteiger partial charge is 0.307 e. The van der Waals surface area contributed by atoms with Gasteiger partial charge in [0.05, 0.1) is 10.8 Å². The number of rotatable bonds is 3. The molecule has 0 bridgehead atoms. The third-order valence-corrected chi connectivity index (χ3v) is 6.66. The normalized spacial score (nSPS) is 21.3. The largest absolute Gasteiger partial charge is 0.481 e. The Hall–Kier alpha value is -2.14. The first kappa shape index (κ1) is 16.3. The molecule has 1 saturated carbocycles. The highest BCUT2D eigenvalue weighted by Crippen LogP contribution is 2.59. The lowest BCUT2D eigenvalue weighted by Gasteiger charge is -2.32. The Labute approximate surface area is 151 Å². The van der Waals surface area contributed by atoms with Gasteiger partial charge in [-0.05, 0) is 48.6 Å². The highest BCUT2D eigenvalue weighted by Gasteiger charge is 2.59. The number of nitrogens with zero attached hydrogens (tertiary/aromatic N) is 1. The molecule has 1 aromatic carbocycles. The standard InChI is InChI=1S/C20H21NO3S/c1-13-2-4-14(5-3-13)15-6-11-25-17(15)18(22)21-9-7-20(8-10-21)12-16(20)19(23)24/h2-6,11,16H,7-10,12H2,1H3,(H,23,24). The second-order valence-electron chi connectivity index (χ2n) is 7.28. The monoisotopic (exact) mass is 355 g/mol. The number of benzene rings is 1. The van der Waals surface area contributed by atoms with Crippen molar-refractivity contribution >= 4 is 23.2 Å². The van der Waals surface area contributed by atoms with Gasteiger partial charge in [-0.2, -0.15) is 0 Å². The maximum atomic E-state index is 13.0. The van der Waals surface area contributed by atoms with Crippen LogP contribution in [0.2, 0.25) is 0 Å². The fourth-order valence-corrected chi connectivity index (χ4v) is 4.87. The molecule has 2 heterocycles. The van der Waals surface area contributed by atoms with Crippen LogP contribution in [0.1, 0.15) is 34.5 Å². The zero-order valence-corrected chi connectivity index (χ0v) is 15.0. The molecular formula is C20H21NO3S. The number of carbonyl (C=O) groups excluding carboxylic acids is 1. The molecule has 1 atom stereocenters. The summed E-state index contributed by atoms with van der Waals surface area (Å²) in [5.41, 5.74) is 3.21. The molecule has 2 fully saturated rings. The molecule has 1 amide bonds. The molecule has 2 aliphatic rings. The summed E-state index contributed by atoms with van der Waals surface area (Å²) in [6.07, 6.45) is 2.39. The highest BCUT2D eigenvalue weighted by atomic mass is 32.1. The van der Waals surface area contributed by atoms with Crippen LogP contribution >= 0.6 is 11.3 Å². The summed E-state index contributed by atoms with van der Waals surface area (Å²) >= 11 is 1.49. The van der Waals surface area contributed by atoms with E-state index in [1.165, 1.54) is 16.9 Å². The lowest BCUT2D eigenvalue weighted by molar-refractivity contribution is -0.139. The van der Waals surface area contributed by atoms with Crippen molar-refractivity contribution in [2.75, 3.05) is 13.1 Å². The van der Waals surface area contributed by atoms with Crippen LogP contribution in [0, 0.1) is 18.3 Å². The molecule has 1 N–H and O–H groups in total. The number of aryl methyl sites for hydroxylation is 1. The van der Waals surface area contributed by atoms with Gasteiger partial charge in [0.25, 0.3) is 5.91 Å². The lowest BCUT2D eigenvalue weighted by Crippen LogP contribution is -2.39. The Morgan fingerprint density at radius 1 is 1.16 bits per heavy atom.